The molecule has 0 bridgehead atoms. The maximum Gasteiger partial charge on any atom is 0.0537 e. The number of nitrogens with one attached hydrogen (secondary N) is 1. The van der Waals surface area contributed by atoms with Crippen LogP contribution in [-0.4, -0.2) is 16.8 Å². The fourth-order valence-corrected chi connectivity index (χ4v) is 2.59. The molecular formula is C13H23N3. The molecule has 0 saturated heterocycles. The van der Waals surface area contributed by atoms with Gasteiger partial charge in [-0.3, -0.25) is 4.68 Å². The van der Waals surface area contributed by atoms with Gasteiger partial charge >= 0.3 is 0 Å². The monoisotopic (exact) mass is 221 g/mol. The predicted octanol–water partition coefficient (Wildman–Crippen LogP) is 2.91. The van der Waals surface area contributed by atoms with Crippen LogP contribution in [0.25, 0.3) is 0 Å². The molecule has 1 aliphatic carbocycles. The molecule has 3 unspecified atom stereocenters. The number of hydrogen-bond acceptors (Lipinski definition) is 2. The molecule has 1 fully saturated rings. The second-order valence-corrected chi connectivity index (χ2v) is 5.19. The van der Waals surface area contributed by atoms with Crippen molar-refractivity contribution in [3.05, 3.63) is 18.0 Å². The molecule has 0 amide bonds. The molecule has 1 saturated carbocycles. The maximum atomic E-state index is 4.52. The smallest absolute Gasteiger partial charge is 0.0537 e. The maximum absolute atomic E-state index is 4.52. The molecule has 0 aliphatic heterocycles. The van der Waals surface area contributed by atoms with Crippen LogP contribution in [0.5, 0.6) is 0 Å². The number of hydrogen-bond donors (Lipinski definition) is 1. The van der Waals surface area contributed by atoms with Crippen LogP contribution in [0.2, 0.25) is 0 Å². The summed E-state index contributed by atoms with van der Waals surface area (Å²) >= 11 is 0. The SMILES string of the molecule is CNC(C)c1cnn(C2CCCC(C)C2)c1. The average molecular weight is 221 g/mol. The van der Waals surface area contributed by atoms with E-state index in [0.717, 1.165) is 5.92 Å². The molecule has 16 heavy (non-hydrogen) atoms. The van der Waals surface area contributed by atoms with Gasteiger partial charge in [0.15, 0.2) is 0 Å². The fraction of sp³-hybridized carbons (Fsp3) is 0.769. The summed E-state index contributed by atoms with van der Waals surface area (Å²) in [5.74, 6) is 0.855. The summed E-state index contributed by atoms with van der Waals surface area (Å²) in [6, 6.07) is 1.02. The largest absolute Gasteiger partial charge is 0.313 e. The zero-order valence-electron chi connectivity index (χ0n) is 10.6. The summed E-state index contributed by atoms with van der Waals surface area (Å²) in [7, 11) is 1.99. The fourth-order valence-electron chi connectivity index (χ4n) is 2.59. The second-order valence-electron chi connectivity index (χ2n) is 5.19. The van der Waals surface area contributed by atoms with Crippen molar-refractivity contribution in [3.8, 4) is 0 Å². The standard InChI is InChI=1S/C13H23N3/c1-10-5-4-6-13(7-10)16-9-12(8-15-16)11(2)14-3/h8-11,13-14H,4-7H2,1-3H3. The molecule has 0 aromatic carbocycles. The zero-order valence-corrected chi connectivity index (χ0v) is 10.6. The van der Waals surface area contributed by atoms with E-state index in [9.17, 15) is 0 Å². The second kappa shape index (κ2) is 5.00. The summed E-state index contributed by atoms with van der Waals surface area (Å²) < 4.78 is 2.18. The summed E-state index contributed by atoms with van der Waals surface area (Å²) in [4.78, 5) is 0. The van der Waals surface area contributed by atoms with Crippen molar-refractivity contribution in [1.29, 1.82) is 0 Å². The minimum atomic E-state index is 0.398. The molecule has 1 N–H and O–H groups in total. The van der Waals surface area contributed by atoms with E-state index in [4.69, 9.17) is 0 Å². The Balaban J connectivity index is 2.06. The predicted molar refractivity (Wildman–Crippen MR) is 66.4 cm³/mol. The van der Waals surface area contributed by atoms with Gasteiger partial charge in [-0.25, -0.2) is 0 Å². The van der Waals surface area contributed by atoms with E-state index in [2.05, 4.69) is 35.1 Å². The minimum Gasteiger partial charge on any atom is -0.313 e. The van der Waals surface area contributed by atoms with Crippen molar-refractivity contribution < 1.29 is 0 Å². The number of rotatable bonds is 3. The Labute approximate surface area is 98.2 Å². The highest BCUT2D eigenvalue weighted by Crippen LogP contribution is 2.32. The quantitative estimate of drug-likeness (QED) is 0.850. The van der Waals surface area contributed by atoms with Crippen molar-refractivity contribution in [2.75, 3.05) is 7.05 Å². The van der Waals surface area contributed by atoms with E-state index < -0.39 is 0 Å². The Hall–Kier alpha value is -0.830. The van der Waals surface area contributed by atoms with Crippen LogP contribution in [0.15, 0.2) is 12.4 Å². The molecular weight excluding hydrogens is 198 g/mol. The highest BCUT2D eigenvalue weighted by Gasteiger charge is 2.21. The zero-order chi connectivity index (χ0) is 11.5. The van der Waals surface area contributed by atoms with Crippen molar-refractivity contribution >= 4 is 0 Å². The van der Waals surface area contributed by atoms with Gasteiger partial charge in [0, 0.05) is 17.8 Å². The molecule has 0 radical (unpaired) electrons. The van der Waals surface area contributed by atoms with Crippen molar-refractivity contribution in [1.82, 2.24) is 15.1 Å². The van der Waals surface area contributed by atoms with Crippen LogP contribution in [0.1, 0.15) is 57.2 Å². The third-order valence-corrected chi connectivity index (χ3v) is 3.84. The lowest BCUT2D eigenvalue weighted by Crippen LogP contribution is -2.18. The van der Waals surface area contributed by atoms with E-state index in [0.29, 0.717) is 12.1 Å². The van der Waals surface area contributed by atoms with Crippen LogP contribution < -0.4 is 5.32 Å². The Morgan fingerprint density at radius 2 is 2.31 bits per heavy atom. The molecule has 1 aromatic heterocycles. The topological polar surface area (TPSA) is 29.9 Å². The van der Waals surface area contributed by atoms with Crippen LogP contribution in [0.3, 0.4) is 0 Å². The van der Waals surface area contributed by atoms with Crippen LogP contribution >= 0.6 is 0 Å². The van der Waals surface area contributed by atoms with E-state index in [-0.39, 0.29) is 0 Å². The van der Waals surface area contributed by atoms with Gasteiger partial charge in [-0.15, -0.1) is 0 Å². The van der Waals surface area contributed by atoms with Gasteiger partial charge in [0.2, 0.25) is 0 Å². The first kappa shape index (κ1) is 11.6. The average Bonchev–Trinajstić information content (AvgIpc) is 2.77. The lowest BCUT2D eigenvalue weighted by Gasteiger charge is -2.26. The molecule has 3 heteroatoms. The summed E-state index contributed by atoms with van der Waals surface area (Å²) in [5, 5.41) is 7.77. The van der Waals surface area contributed by atoms with E-state index in [1.807, 2.05) is 13.2 Å². The third kappa shape index (κ3) is 2.46. The molecule has 0 spiro atoms. The first-order chi connectivity index (χ1) is 7.70. The molecule has 90 valence electrons. The van der Waals surface area contributed by atoms with Gasteiger partial charge in [0.25, 0.3) is 0 Å². The summed E-state index contributed by atoms with van der Waals surface area (Å²) in [5.41, 5.74) is 1.29. The van der Waals surface area contributed by atoms with Crippen LogP contribution in [-0.2, 0) is 0 Å². The van der Waals surface area contributed by atoms with Gasteiger partial charge in [-0.2, -0.15) is 5.10 Å². The summed E-state index contributed by atoms with van der Waals surface area (Å²) in [6.45, 7) is 4.53. The molecule has 1 aromatic rings. The minimum absolute atomic E-state index is 0.398. The van der Waals surface area contributed by atoms with Gasteiger partial charge in [-0.1, -0.05) is 19.8 Å². The number of aromatic nitrogens is 2. The first-order valence-electron chi connectivity index (χ1n) is 6.42. The molecule has 3 nitrogen and oxygen atoms in total. The van der Waals surface area contributed by atoms with Crippen molar-refractivity contribution in [3.63, 3.8) is 0 Å². The highest BCUT2D eigenvalue weighted by molar-refractivity contribution is 5.09. The Bertz CT molecular complexity index is 332. The molecule has 1 heterocycles. The van der Waals surface area contributed by atoms with Gasteiger partial charge < -0.3 is 5.32 Å². The molecule has 2 rings (SSSR count). The normalized spacial score (nSPS) is 27.9. The number of nitrogens with zero attached hydrogens (tertiary/aromatic N) is 2. The Morgan fingerprint density at radius 1 is 1.50 bits per heavy atom. The summed E-state index contributed by atoms with van der Waals surface area (Å²) in [6.07, 6.45) is 9.53. The Kier molecular flexibility index (Phi) is 3.64. The first-order valence-corrected chi connectivity index (χ1v) is 6.42. The lowest BCUT2D eigenvalue weighted by molar-refractivity contribution is 0.266. The lowest BCUT2D eigenvalue weighted by atomic mass is 9.87. The van der Waals surface area contributed by atoms with Crippen molar-refractivity contribution in [2.24, 2.45) is 5.92 Å². The van der Waals surface area contributed by atoms with E-state index in [1.165, 1.54) is 31.2 Å². The van der Waals surface area contributed by atoms with E-state index >= 15 is 0 Å². The molecule has 3 atom stereocenters. The van der Waals surface area contributed by atoms with Gasteiger partial charge in [-0.05, 0) is 32.7 Å². The van der Waals surface area contributed by atoms with Crippen LogP contribution in [0.4, 0.5) is 0 Å². The van der Waals surface area contributed by atoms with Crippen LogP contribution in [0, 0.1) is 5.92 Å². The van der Waals surface area contributed by atoms with Crippen molar-refractivity contribution in [2.45, 2.75) is 51.6 Å². The van der Waals surface area contributed by atoms with E-state index in [1.54, 1.807) is 0 Å². The van der Waals surface area contributed by atoms with Gasteiger partial charge in [0.1, 0.15) is 0 Å². The Morgan fingerprint density at radius 3 is 3.00 bits per heavy atom. The van der Waals surface area contributed by atoms with Gasteiger partial charge in [0.05, 0.1) is 12.2 Å². The third-order valence-electron chi connectivity index (χ3n) is 3.84. The molecule has 1 aliphatic rings. The highest BCUT2D eigenvalue weighted by atomic mass is 15.3.